The molecule has 0 radical (unpaired) electrons. The molecule has 0 atom stereocenters. The van der Waals surface area contributed by atoms with E-state index in [2.05, 4.69) is 5.32 Å². The van der Waals surface area contributed by atoms with Crippen LogP contribution in [-0.2, 0) is 0 Å². The van der Waals surface area contributed by atoms with Gasteiger partial charge >= 0.3 is 0 Å². The molecule has 1 aromatic rings. The Morgan fingerprint density at radius 3 is 2.38 bits per heavy atom. The number of carbonyl (C=O) groups is 1. The zero-order chi connectivity index (χ0) is 15.2. The molecule has 0 aliphatic heterocycles. The molecule has 0 bridgehead atoms. The van der Waals surface area contributed by atoms with Gasteiger partial charge in [0.05, 0.1) is 4.92 Å². The van der Waals surface area contributed by atoms with Crippen molar-refractivity contribution in [3.63, 3.8) is 0 Å². The number of amides is 1. The number of nitro benzene ring substituents is 1. The lowest BCUT2D eigenvalue weighted by Gasteiger charge is -2.22. The van der Waals surface area contributed by atoms with Crippen molar-refractivity contribution in [2.75, 3.05) is 5.32 Å². The first kappa shape index (κ1) is 15.3. The van der Waals surface area contributed by atoms with E-state index >= 15 is 0 Å². The average molecular weight is 291 g/mol. The lowest BCUT2D eigenvalue weighted by Crippen LogP contribution is -2.21. The van der Waals surface area contributed by atoms with E-state index in [1.54, 1.807) is 0 Å². The van der Waals surface area contributed by atoms with E-state index in [9.17, 15) is 14.9 Å². The maximum absolute atomic E-state index is 11.3. The minimum atomic E-state index is -0.578. The number of carbonyl (C=O) groups excluding carboxylic acids is 1. The molecule has 1 aliphatic rings. The first-order valence-electron chi connectivity index (χ1n) is 7.42. The first-order chi connectivity index (χ1) is 10.1. The minimum Gasteiger partial charge on any atom is -0.377 e. The maximum Gasteiger partial charge on any atom is 0.292 e. The monoisotopic (exact) mass is 291 g/mol. The van der Waals surface area contributed by atoms with Crippen molar-refractivity contribution in [1.82, 2.24) is 0 Å². The van der Waals surface area contributed by atoms with Crippen LogP contribution < -0.4 is 11.1 Å². The molecule has 0 saturated heterocycles. The van der Waals surface area contributed by atoms with Gasteiger partial charge in [-0.25, -0.2) is 0 Å². The second-order valence-corrected chi connectivity index (χ2v) is 5.54. The van der Waals surface area contributed by atoms with Gasteiger partial charge in [0.1, 0.15) is 5.69 Å². The molecular formula is C15H21N3O3. The summed E-state index contributed by atoms with van der Waals surface area (Å²) < 4.78 is 0. The number of hydrogen-bond donors (Lipinski definition) is 2. The highest BCUT2D eigenvalue weighted by atomic mass is 16.6. The Balaban J connectivity index is 2.20. The minimum absolute atomic E-state index is 0.0120. The van der Waals surface area contributed by atoms with Gasteiger partial charge in [-0.05, 0) is 25.0 Å². The third kappa shape index (κ3) is 4.18. The van der Waals surface area contributed by atoms with Crippen LogP contribution in [0.2, 0.25) is 0 Å². The van der Waals surface area contributed by atoms with Gasteiger partial charge in [-0.15, -0.1) is 0 Å². The fourth-order valence-electron chi connectivity index (χ4n) is 2.78. The van der Waals surface area contributed by atoms with Crippen molar-refractivity contribution in [1.29, 1.82) is 0 Å². The maximum atomic E-state index is 11.3. The fourth-order valence-corrected chi connectivity index (χ4v) is 2.78. The predicted molar refractivity (Wildman–Crippen MR) is 81.3 cm³/mol. The predicted octanol–water partition coefficient (Wildman–Crippen LogP) is 3.22. The summed E-state index contributed by atoms with van der Waals surface area (Å²) in [5, 5.41) is 14.4. The van der Waals surface area contributed by atoms with E-state index in [-0.39, 0.29) is 17.3 Å². The van der Waals surface area contributed by atoms with E-state index in [0.29, 0.717) is 5.69 Å². The Morgan fingerprint density at radius 2 is 1.81 bits per heavy atom. The summed E-state index contributed by atoms with van der Waals surface area (Å²) in [4.78, 5) is 21.9. The summed E-state index contributed by atoms with van der Waals surface area (Å²) in [6, 6.07) is 4.43. The van der Waals surface area contributed by atoms with Crippen LogP contribution >= 0.6 is 0 Å². The lowest BCUT2D eigenvalue weighted by atomic mass is 9.96. The number of rotatable bonds is 4. The van der Waals surface area contributed by atoms with E-state index in [0.717, 1.165) is 25.7 Å². The number of nitro groups is 1. The summed E-state index contributed by atoms with van der Waals surface area (Å²) >= 11 is 0. The molecule has 1 saturated carbocycles. The summed E-state index contributed by atoms with van der Waals surface area (Å²) in [7, 11) is 0. The summed E-state index contributed by atoms with van der Waals surface area (Å²) in [6.45, 7) is 0. The Kier molecular flexibility index (Phi) is 5.14. The number of anilines is 1. The molecule has 2 rings (SSSR count). The molecule has 0 unspecified atom stereocenters. The van der Waals surface area contributed by atoms with Crippen LogP contribution in [0.25, 0.3) is 0 Å². The van der Waals surface area contributed by atoms with Crippen LogP contribution in [0, 0.1) is 10.1 Å². The molecule has 0 heterocycles. The molecule has 1 amide bonds. The third-order valence-corrected chi connectivity index (χ3v) is 3.94. The number of nitrogens with zero attached hydrogens (tertiary/aromatic N) is 1. The zero-order valence-electron chi connectivity index (χ0n) is 12.0. The quantitative estimate of drug-likeness (QED) is 0.657. The van der Waals surface area contributed by atoms with Crippen LogP contribution in [0.1, 0.15) is 55.3 Å². The lowest BCUT2D eigenvalue weighted by molar-refractivity contribution is -0.384. The van der Waals surface area contributed by atoms with Crippen molar-refractivity contribution in [2.24, 2.45) is 5.73 Å². The second kappa shape index (κ2) is 7.06. The molecular weight excluding hydrogens is 270 g/mol. The van der Waals surface area contributed by atoms with Gasteiger partial charge in [-0.3, -0.25) is 14.9 Å². The number of nitrogens with one attached hydrogen (secondary N) is 1. The molecule has 114 valence electrons. The zero-order valence-corrected chi connectivity index (χ0v) is 12.0. The van der Waals surface area contributed by atoms with Gasteiger partial charge in [0.25, 0.3) is 5.69 Å². The molecule has 1 aliphatic carbocycles. The molecule has 6 nitrogen and oxygen atoms in total. The molecule has 0 spiro atoms. The summed E-state index contributed by atoms with van der Waals surface area (Å²) in [5.41, 5.74) is 5.92. The highest BCUT2D eigenvalue weighted by Gasteiger charge is 2.19. The summed E-state index contributed by atoms with van der Waals surface area (Å²) in [5.74, 6) is -0.578. The fraction of sp³-hybridized carbons (Fsp3) is 0.533. The van der Waals surface area contributed by atoms with E-state index < -0.39 is 10.8 Å². The van der Waals surface area contributed by atoms with Crippen molar-refractivity contribution in [3.05, 3.63) is 33.9 Å². The standard InChI is InChI=1S/C15H21N3O3/c16-15(19)11-8-9-14(18(20)21)13(10-11)17-12-6-4-2-1-3-5-7-12/h8-10,12,17H,1-7H2,(H2,16,19). The third-order valence-electron chi connectivity index (χ3n) is 3.94. The van der Waals surface area contributed by atoms with Gasteiger partial charge in [0.15, 0.2) is 0 Å². The van der Waals surface area contributed by atoms with Crippen LogP contribution in [-0.4, -0.2) is 16.9 Å². The number of hydrogen-bond acceptors (Lipinski definition) is 4. The topological polar surface area (TPSA) is 98.3 Å². The van der Waals surface area contributed by atoms with Crippen LogP contribution in [0.3, 0.4) is 0 Å². The molecule has 21 heavy (non-hydrogen) atoms. The Morgan fingerprint density at radius 1 is 1.19 bits per heavy atom. The molecule has 6 heteroatoms. The van der Waals surface area contributed by atoms with E-state index in [1.807, 2.05) is 0 Å². The van der Waals surface area contributed by atoms with Crippen LogP contribution in [0.5, 0.6) is 0 Å². The van der Waals surface area contributed by atoms with Gasteiger partial charge < -0.3 is 11.1 Å². The Hall–Kier alpha value is -2.11. The van der Waals surface area contributed by atoms with Crippen LogP contribution in [0.15, 0.2) is 18.2 Å². The first-order valence-corrected chi connectivity index (χ1v) is 7.42. The molecule has 0 aromatic heterocycles. The SMILES string of the molecule is NC(=O)c1ccc([N+](=O)[O-])c(NC2CCCCCCC2)c1. The second-order valence-electron chi connectivity index (χ2n) is 5.54. The van der Waals surface area contributed by atoms with Gasteiger partial charge in [-0.2, -0.15) is 0 Å². The van der Waals surface area contributed by atoms with Crippen molar-refractivity contribution in [2.45, 2.75) is 51.0 Å². The summed E-state index contributed by atoms with van der Waals surface area (Å²) in [6.07, 6.45) is 7.94. The highest BCUT2D eigenvalue weighted by Crippen LogP contribution is 2.28. The van der Waals surface area contributed by atoms with Crippen molar-refractivity contribution in [3.8, 4) is 0 Å². The number of nitrogens with two attached hydrogens (primary N) is 1. The van der Waals surface area contributed by atoms with Crippen LogP contribution in [0.4, 0.5) is 11.4 Å². The molecule has 1 fully saturated rings. The van der Waals surface area contributed by atoms with Gasteiger partial charge in [-0.1, -0.05) is 32.1 Å². The molecule has 1 aromatic carbocycles. The Labute approximate surface area is 123 Å². The van der Waals surface area contributed by atoms with E-state index in [1.165, 1.54) is 37.5 Å². The number of primary amides is 1. The Bertz CT molecular complexity index is 523. The van der Waals surface area contributed by atoms with Gasteiger partial charge in [0, 0.05) is 17.7 Å². The van der Waals surface area contributed by atoms with E-state index in [4.69, 9.17) is 5.73 Å². The van der Waals surface area contributed by atoms with Gasteiger partial charge in [0.2, 0.25) is 5.91 Å². The smallest absolute Gasteiger partial charge is 0.292 e. The largest absolute Gasteiger partial charge is 0.377 e. The van der Waals surface area contributed by atoms with Crippen molar-refractivity contribution >= 4 is 17.3 Å². The highest BCUT2D eigenvalue weighted by molar-refractivity contribution is 5.94. The molecule has 3 N–H and O–H groups in total. The number of benzene rings is 1. The van der Waals surface area contributed by atoms with Crippen molar-refractivity contribution < 1.29 is 9.72 Å². The average Bonchev–Trinajstić information content (AvgIpc) is 2.41. The normalized spacial score (nSPS) is 16.8.